The summed E-state index contributed by atoms with van der Waals surface area (Å²) in [5.74, 6) is -3.61. The largest absolute Gasteiger partial charge is 0.505 e. The molecule has 5 unspecified atom stereocenters. The van der Waals surface area contributed by atoms with E-state index in [2.05, 4.69) is 0 Å². The number of ketones is 2. The average Bonchev–Trinajstić information content (AvgIpc) is 3.38. The first-order chi connectivity index (χ1) is 18.2. The maximum absolute atomic E-state index is 14.0. The molecule has 0 aromatic heterocycles. The van der Waals surface area contributed by atoms with Crippen molar-refractivity contribution in [1.29, 1.82) is 0 Å². The Hall–Kier alpha value is -3.78. The highest BCUT2D eigenvalue weighted by Gasteiger charge is 2.97. The summed E-state index contributed by atoms with van der Waals surface area (Å²) in [5, 5.41) is 9.87. The monoisotopic (exact) mass is 526 g/mol. The predicted molar refractivity (Wildman–Crippen MR) is 141 cm³/mol. The summed E-state index contributed by atoms with van der Waals surface area (Å²) in [6.07, 6.45) is 0. The highest BCUT2D eigenvalue weighted by atomic mass is 32.2. The van der Waals surface area contributed by atoms with Gasteiger partial charge in [0.25, 0.3) is 0 Å². The summed E-state index contributed by atoms with van der Waals surface area (Å²) in [7, 11) is 0. The predicted octanol–water partition coefficient (Wildman–Crippen LogP) is 4.93. The molecule has 192 valence electrons. The van der Waals surface area contributed by atoms with Gasteiger partial charge in [0.1, 0.15) is 18.3 Å². The van der Waals surface area contributed by atoms with Gasteiger partial charge in [0, 0.05) is 5.56 Å². The van der Waals surface area contributed by atoms with Crippen LogP contribution >= 0.6 is 11.8 Å². The number of Topliss-reactive ketones (excluding diaryl/α,β-unsaturated/α-hetero) is 2. The molecule has 5 atom stereocenters. The highest BCUT2D eigenvalue weighted by Crippen LogP contribution is 2.75. The number of aliphatic carboxylic acids is 1. The van der Waals surface area contributed by atoms with Crippen molar-refractivity contribution in [2.75, 3.05) is 0 Å². The van der Waals surface area contributed by atoms with Crippen LogP contribution < -0.4 is 4.74 Å². The van der Waals surface area contributed by atoms with E-state index in [0.717, 1.165) is 10.3 Å². The van der Waals surface area contributed by atoms with Gasteiger partial charge in [-0.2, -0.15) is 0 Å². The van der Waals surface area contributed by atoms with Gasteiger partial charge in [-0.1, -0.05) is 72.8 Å². The summed E-state index contributed by atoms with van der Waals surface area (Å²) in [6.45, 7) is 4.03. The number of nitrogens with zero attached hydrogens (tertiary/aromatic N) is 2. The molecule has 3 aromatic rings. The van der Waals surface area contributed by atoms with Gasteiger partial charge >= 0.3 is 5.97 Å². The molecule has 7 nitrogen and oxygen atoms in total. The summed E-state index contributed by atoms with van der Waals surface area (Å²) in [6, 6.07) is 24.8. The van der Waals surface area contributed by atoms with Crippen molar-refractivity contribution in [3.8, 4) is 5.75 Å². The maximum Gasteiger partial charge on any atom is 0.318 e. The van der Waals surface area contributed by atoms with E-state index in [1.807, 2.05) is 44.2 Å². The SMILES string of the molecule is CC1(C)SC2C3C(=O)C2(C(C(=O)O)c2ccc(OCc4ccccc4)cc2)[N+](=[N-])C31C(=O)c1ccccc1. The van der Waals surface area contributed by atoms with Crippen LogP contribution in [0.1, 0.15) is 41.3 Å². The molecule has 0 spiro atoms. The summed E-state index contributed by atoms with van der Waals surface area (Å²) < 4.78 is 5.85. The third-order valence-electron chi connectivity index (χ3n) is 8.42. The molecule has 4 fully saturated rings. The first-order valence-corrected chi connectivity index (χ1v) is 13.4. The molecule has 4 aliphatic rings. The molecule has 1 N–H and O–H groups in total. The Balaban J connectivity index is 1.37. The minimum absolute atomic E-state index is 0.356. The number of rotatable bonds is 8. The zero-order valence-electron chi connectivity index (χ0n) is 20.9. The molecule has 4 bridgehead atoms. The quantitative estimate of drug-likeness (QED) is 0.329. The number of carboxylic acid groups (broad SMARTS) is 1. The molecule has 3 aromatic carbocycles. The van der Waals surface area contributed by atoms with E-state index in [0.29, 0.717) is 23.5 Å². The highest BCUT2D eigenvalue weighted by molar-refractivity contribution is 8.02. The summed E-state index contributed by atoms with van der Waals surface area (Å²) in [4.78, 5) is 40.6. The number of carbonyl (C=O) groups excluding carboxylic acids is 2. The van der Waals surface area contributed by atoms with Crippen molar-refractivity contribution >= 4 is 29.3 Å². The smallest absolute Gasteiger partial charge is 0.318 e. The van der Waals surface area contributed by atoms with Crippen LogP contribution in [0.5, 0.6) is 5.75 Å². The van der Waals surface area contributed by atoms with Gasteiger partial charge in [-0.15, -0.1) is 11.8 Å². The van der Waals surface area contributed by atoms with Crippen molar-refractivity contribution in [2.45, 2.75) is 47.4 Å². The molecule has 3 saturated heterocycles. The van der Waals surface area contributed by atoms with Gasteiger partial charge in [-0.05, 0) is 37.1 Å². The fourth-order valence-electron chi connectivity index (χ4n) is 6.77. The number of hydrogen-bond acceptors (Lipinski definition) is 5. The van der Waals surface area contributed by atoms with E-state index in [9.17, 15) is 25.0 Å². The normalized spacial score (nSPS) is 29.0. The third kappa shape index (κ3) is 2.95. The molecular formula is C30H26N2O5S. The van der Waals surface area contributed by atoms with Crippen molar-refractivity contribution in [1.82, 2.24) is 0 Å². The van der Waals surface area contributed by atoms with Crippen LogP contribution in [-0.2, 0) is 16.2 Å². The minimum atomic E-state index is -1.74. The van der Waals surface area contributed by atoms with Gasteiger partial charge < -0.3 is 15.4 Å². The number of benzene rings is 3. The number of carboxylic acids is 1. The molecule has 38 heavy (non-hydrogen) atoms. The topological polar surface area (TPSA) is 106 Å². The van der Waals surface area contributed by atoms with Gasteiger partial charge in [0.2, 0.25) is 22.6 Å². The second kappa shape index (κ2) is 8.36. The van der Waals surface area contributed by atoms with Crippen LogP contribution in [0.4, 0.5) is 0 Å². The first kappa shape index (κ1) is 24.6. The van der Waals surface area contributed by atoms with Crippen molar-refractivity contribution in [3.63, 3.8) is 0 Å². The summed E-state index contributed by atoms with van der Waals surface area (Å²) in [5.41, 5.74) is 10.2. The van der Waals surface area contributed by atoms with E-state index in [-0.39, 0.29) is 5.78 Å². The van der Waals surface area contributed by atoms with Crippen LogP contribution in [0.2, 0.25) is 0 Å². The van der Waals surface area contributed by atoms with Crippen LogP contribution in [0, 0.1) is 5.92 Å². The van der Waals surface area contributed by atoms with E-state index < -0.39 is 44.7 Å². The van der Waals surface area contributed by atoms with Crippen molar-refractivity contribution in [2.24, 2.45) is 5.92 Å². The average molecular weight is 527 g/mol. The van der Waals surface area contributed by atoms with Crippen molar-refractivity contribution < 1.29 is 28.9 Å². The third-order valence-corrected chi connectivity index (χ3v) is 10.2. The Labute approximate surface area is 224 Å². The number of carbonyl (C=O) groups is 3. The molecule has 8 heteroatoms. The number of thioether (sulfide) groups is 1. The lowest BCUT2D eigenvalue weighted by Crippen LogP contribution is -2.67. The first-order valence-electron chi connectivity index (χ1n) is 12.5. The fraction of sp³-hybridized carbons (Fsp3) is 0.300. The minimum Gasteiger partial charge on any atom is -0.505 e. The maximum atomic E-state index is 14.0. The molecular weight excluding hydrogens is 500 g/mol. The Morgan fingerprint density at radius 3 is 2.21 bits per heavy atom. The second-order valence-corrected chi connectivity index (χ2v) is 12.4. The zero-order chi connectivity index (χ0) is 26.9. The standard InChI is InChI=1S/C30H26N2O5S/c1-28(2)30(24(33)20-11-7-4-8-12-20)23-25(34)29(32(30)31,26(23)38-28)22(27(35)36)19-13-15-21(16-14-19)37-17-18-9-5-3-6-10-18/h3-16,22-23,26H,17H2,1-2H3,(H,35,36). The van der Waals surface area contributed by atoms with Crippen LogP contribution in [0.3, 0.4) is 0 Å². The van der Waals surface area contributed by atoms with Crippen molar-refractivity contribution in [3.05, 3.63) is 107 Å². The molecule has 1 aliphatic carbocycles. The van der Waals surface area contributed by atoms with Crippen LogP contribution in [-0.4, -0.2) is 48.4 Å². The molecule has 3 aliphatic heterocycles. The number of hydrogen-bond donors (Lipinski definition) is 1. The van der Waals surface area contributed by atoms with Crippen LogP contribution in [0.15, 0.2) is 84.9 Å². The fourth-order valence-corrected chi connectivity index (χ4v) is 8.88. The second-order valence-electron chi connectivity index (χ2n) is 10.6. The molecule has 1 saturated carbocycles. The Morgan fingerprint density at radius 2 is 1.61 bits per heavy atom. The Morgan fingerprint density at radius 1 is 1.00 bits per heavy atom. The molecule has 7 rings (SSSR count). The van der Waals surface area contributed by atoms with E-state index in [1.54, 1.807) is 54.6 Å². The van der Waals surface area contributed by atoms with Crippen LogP contribution in [0.25, 0.3) is 5.53 Å². The number of ether oxygens (including phenoxy) is 1. The molecule has 0 radical (unpaired) electrons. The van der Waals surface area contributed by atoms with Gasteiger partial charge in [-0.25, -0.2) is 0 Å². The van der Waals surface area contributed by atoms with E-state index in [4.69, 9.17) is 4.74 Å². The van der Waals surface area contributed by atoms with E-state index in [1.165, 1.54) is 11.8 Å². The molecule has 0 amide bonds. The van der Waals surface area contributed by atoms with E-state index >= 15 is 0 Å². The lowest BCUT2D eigenvalue weighted by molar-refractivity contribution is -0.640. The zero-order valence-corrected chi connectivity index (χ0v) is 21.7. The van der Waals surface area contributed by atoms with Gasteiger partial charge in [0.15, 0.2) is 5.92 Å². The lowest BCUT2D eigenvalue weighted by Gasteiger charge is -2.46. The lowest BCUT2D eigenvalue weighted by atomic mass is 9.58. The molecule has 3 heterocycles. The van der Waals surface area contributed by atoms with Gasteiger partial charge in [-0.3, -0.25) is 19.1 Å². The van der Waals surface area contributed by atoms with Gasteiger partial charge in [0.05, 0.1) is 10.00 Å². The Kier molecular flexibility index (Phi) is 5.40. The summed E-state index contributed by atoms with van der Waals surface area (Å²) >= 11 is 1.42. The Bertz CT molecular complexity index is 1470.